The average molecular weight is 325 g/mol. The maximum Gasteiger partial charge on any atom is 0.306 e. The first-order valence-electron chi connectivity index (χ1n) is 5.59. The van der Waals surface area contributed by atoms with Gasteiger partial charge in [-0.3, -0.25) is 4.79 Å². The summed E-state index contributed by atoms with van der Waals surface area (Å²) in [5.74, 6) is 1.10. The fraction of sp³-hybridized carbons (Fsp3) is 0.909. The molecule has 1 saturated heterocycles. The van der Waals surface area contributed by atoms with Crippen molar-refractivity contribution in [3.63, 3.8) is 0 Å². The molecule has 0 aromatic carbocycles. The second kappa shape index (κ2) is 6.68. The number of hydrogen-bond acceptors (Lipinski definition) is 3. The van der Waals surface area contributed by atoms with Crippen LogP contribution in [0.3, 0.4) is 0 Å². The van der Waals surface area contributed by atoms with Crippen molar-refractivity contribution < 1.29 is 9.53 Å². The highest BCUT2D eigenvalue weighted by Gasteiger charge is 2.26. The summed E-state index contributed by atoms with van der Waals surface area (Å²) in [5, 5.41) is 3.37. The lowest BCUT2D eigenvalue weighted by Gasteiger charge is -2.30. The van der Waals surface area contributed by atoms with Crippen LogP contribution in [-0.4, -0.2) is 29.6 Å². The molecule has 2 atom stereocenters. The Morgan fingerprint density at radius 2 is 2.27 bits per heavy atom. The lowest BCUT2D eigenvalue weighted by molar-refractivity contribution is -0.149. The van der Waals surface area contributed by atoms with Crippen molar-refractivity contribution in [3.8, 4) is 0 Å². The van der Waals surface area contributed by atoms with Crippen LogP contribution in [0, 0.1) is 11.8 Å². The van der Waals surface area contributed by atoms with Gasteiger partial charge in [0.05, 0.1) is 6.10 Å². The Kier molecular flexibility index (Phi) is 5.89. The van der Waals surface area contributed by atoms with Gasteiger partial charge in [-0.25, -0.2) is 0 Å². The molecule has 0 amide bonds. The number of alkyl halides is 1. The van der Waals surface area contributed by atoms with E-state index in [0.717, 1.165) is 23.9 Å². The van der Waals surface area contributed by atoms with Gasteiger partial charge in [-0.1, -0.05) is 22.6 Å². The van der Waals surface area contributed by atoms with Gasteiger partial charge >= 0.3 is 5.97 Å². The van der Waals surface area contributed by atoms with Crippen molar-refractivity contribution in [2.75, 3.05) is 17.5 Å². The molecule has 4 heteroatoms. The molecule has 1 fully saturated rings. The predicted molar refractivity (Wildman–Crippen MR) is 69.2 cm³/mol. The van der Waals surface area contributed by atoms with Crippen molar-refractivity contribution >= 4 is 28.6 Å². The zero-order chi connectivity index (χ0) is 11.3. The summed E-state index contributed by atoms with van der Waals surface area (Å²) in [4.78, 5) is 11.5. The summed E-state index contributed by atoms with van der Waals surface area (Å²) in [7, 11) is 0. The third-order valence-corrected chi connectivity index (χ3v) is 3.89. The standard InChI is InChI=1S/C11H20INO2/c1-8(2)15-11(14)5-9-3-4-13-7-10(9)6-12/h8-10,13H,3-7H2,1-2H3/t9-,10?/m0/s1. The van der Waals surface area contributed by atoms with Crippen molar-refractivity contribution in [1.82, 2.24) is 5.32 Å². The number of ether oxygens (including phenoxy) is 1. The molecule has 1 N–H and O–H groups in total. The summed E-state index contributed by atoms with van der Waals surface area (Å²) < 4.78 is 6.30. The molecular weight excluding hydrogens is 305 g/mol. The first kappa shape index (κ1) is 13.2. The Labute approximate surface area is 105 Å². The van der Waals surface area contributed by atoms with Gasteiger partial charge in [-0.15, -0.1) is 0 Å². The third kappa shape index (κ3) is 4.68. The molecular formula is C11H20INO2. The molecule has 88 valence electrons. The lowest BCUT2D eigenvalue weighted by atomic mass is 9.85. The van der Waals surface area contributed by atoms with E-state index < -0.39 is 0 Å². The number of nitrogens with one attached hydrogen (secondary N) is 1. The zero-order valence-electron chi connectivity index (χ0n) is 9.46. The number of carbonyl (C=O) groups excluding carboxylic acids is 1. The van der Waals surface area contributed by atoms with Crippen LogP contribution in [0.2, 0.25) is 0 Å². The minimum atomic E-state index is -0.0354. The number of hydrogen-bond donors (Lipinski definition) is 1. The number of piperidine rings is 1. The van der Waals surface area contributed by atoms with Gasteiger partial charge in [0.2, 0.25) is 0 Å². The molecule has 0 aliphatic carbocycles. The van der Waals surface area contributed by atoms with E-state index in [1.54, 1.807) is 0 Å². The Morgan fingerprint density at radius 3 is 2.87 bits per heavy atom. The molecule has 1 heterocycles. The highest BCUT2D eigenvalue weighted by atomic mass is 127. The smallest absolute Gasteiger partial charge is 0.306 e. The molecule has 1 rings (SSSR count). The summed E-state index contributed by atoms with van der Waals surface area (Å²) in [6, 6.07) is 0. The van der Waals surface area contributed by atoms with E-state index in [4.69, 9.17) is 4.74 Å². The van der Waals surface area contributed by atoms with Crippen molar-refractivity contribution in [2.45, 2.75) is 32.8 Å². The first-order valence-corrected chi connectivity index (χ1v) is 7.12. The highest BCUT2D eigenvalue weighted by molar-refractivity contribution is 14.1. The topological polar surface area (TPSA) is 38.3 Å². The van der Waals surface area contributed by atoms with E-state index in [0.29, 0.717) is 18.3 Å². The molecule has 1 aliphatic rings. The molecule has 1 unspecified atom stereocenters. The Balaban J connectivity index is 2.37. The molecule has 0 saturated carbocycles. The van der Waals surface area contributed by atoms with Gasteiger partial charge in [0.25, 0.3) is 0 Å². The number of halogens is 1. The minimum absolute atomic E-state index is 0.0114. The van der Waals surface area contributed by atoms with Gasteiger partial charge in [0, 0.05) is 10.8 Å². The van der Waals surface area contributed by atoms with Crippen molar-refractivity contribution in [3.05, 3.63) is 0 Å². The minimum Gasteiger partial charge on any atom is -0.463 e. The molecule has 0 aromatic rings. The molecule has 15 heavy (non-hydrogen) atoms. The quantitative estimate of drug-likeness (QED) is 0.488. The van der Waals surface area contributed by atoms with E-state index >= 15 is 0 Å². The lowest BCUT2D eigenvalue weighted by Crippen LogP contribution is -2.38. The average Bonchev–Trinajstić information content (AvgIpc) is 2.17. The largest absolute Gasteiger partial charge is 0.463 e. The zero-order valence-corrected chi connectivity index (χ0v) is 11.6. The SMILES string of the molecule is CC(C)OC(=O)C[C@@H]1CCNCC1CI. The van der Waals surface area contributed by atoms with E-state index in [-0.39, 0.29) is 12.1 Å². The molecule has 1 aliphatic heterocycles. The van der Waals surface area contributed by atoms with E-state index in [9.17, 15) is 4.79 Å². The Morgan fingerprint density at radius 1 is 1.53 bits per heavy atom. The number of carbonyl (C=O) groups is 1. The molecule has 0 radical (unpaired) electrons. The second-order valence-corrected chi connectivity index (χ2v) is 5.29. The van der Waals surface area contributed by atoms with Gasteiger partial charge in [0.15, 0.2) is 0 Å². The molecule has 0 bridgehead atoms. The monoisotopic (exact) mass is 325 g/mol. The van der Waals surface area contributed by atoms with E-state index in [1.165, 1.54) is 0 Å². The number of rotatable bonds is 4. The highest BCUT2D eigenvalue weighted by Crippen LogP contribution is 2.25. The van der Waals surface area contributed by atoms with Crippen LogP contribution >= 0.6 is 22.6 Å². The summed E-state index contributed by atoms with van der Waals surface area (Å²) >= 11 is 2.40. The van der Waals surface area contributed by atoms with Crippen LogP contribution in [0.25, 0.3) is 0 Å². The van der Waals surface area contributed by atoms with E-state index in [1.807, 2.05) is 13.8 Å². The van der Waals surface area contributed by atoms with Gasteiger partial charge in [-0.05, 0) is 45.2 Å². The first-order chi connectivity index (χ1) is 7.13. The van der Waals surface area contributed by atoms with Crippen LogP contribution in [-0.2, 0) is 9.53 Å². The van der Waals surface area contributed by atoms with Crippen LogP contribution in [0.5, 0.6) is 0 Å². The second-order valence-electron chi connectivity index (χ2n) is 4.41. The molecule has 0 aromatic heterocycles. The van der Waals surface area contributed by atoms with Crippen LogP contribution < -0.4 is 5.32 Å². The summed E-state index contributed by atoms with van der Waals surface area (Å²) in [5.41, 5.74) is 0. The predicted octanol–water partition coefficient (Wildman–Crippen LogP) is 1.99. The van der Waals surface area contributed by atoms with Crippen molar-refractivity contribution in [2.24, 2.45) is 11.8 Å². The van der Waals surface area contributed by atoms with Crippen LogP contribution in [0.1, 0.15) is 26.7 Å². The van der Waals surface area contributed by atoms with Gasteiger partial charge in [-0.2, -0.15) is 0 Å². The van der Waals surface area contributed by atoms with Gasteiger partial charge < -0.3 is 10.1 Å². The normalized spacial score (nSPS) is 26.7. The Hall–Kier alpha value is 0.160. The van der Waals surface area contributed by atoms with E-state index in [2.05, 4.69) is 27.9 Å². The third-order valence-electron chi connectivity index (χ3n) is 2.76. The molecule has 0 spiro atoms. The summed E-state index contributed by atoms with van der Waals surface area (Å²) in [6.07, 6.45) is 1.70. The van der Waals surface area contributed by atoms with Crippen LogP contribution in [0.4, 0.5) is 0 Å². The fourth-order valence-electron chi connectivity index (χ4n) is 1.95. The van der Waals surface area contributed by atoms with Crippen LogP contribution in [0.15, 0.2) is 0 Å². The van der Waals surface area contributed by atoms with Gasteiger partial charge in [0.1, 0.15) is 0 Å². The maximum absolute atomic E-state index is 11.5. The van der Waals surface area contributed by atoms with Crippen molar-refractivity contribution in [1.29, 1.82) is 0 Å². The summed E-state index contributed by atoms with van der Waals surface area (Å²) in [6.45, 7) is 5.88. The maximum atomic E-state index is 11.5. The number of esters is 1. The Bertz CT molecular complexity index is 209. The fourth-order valence-corrected chi connectivity index (χ4v) is 2.98. The molecule has 3 nitrogen and oxygen atoms in total.